The zero-order chi connectivity index (χ0) is 9.30. The van der Waals surface area contributed by atoms with Crippen LogP contribution in [0.1, 0.15) is 10.4 Å². The molecule has 64 valence electrons. The summed E-state index contributed by atoms with van der Waals surface area (Å²) in [4.78, 5) is 10.8. The van der Waals surface area contributed by atoms with E-state index >= 15 is 0 Å². The van der Waals surface area contributed by atoms with Crippen LogP contribution < -0.4 is 5.73 Å². The van der Waals surface area contributed by atoms with Crippen molar-refractivity contribution in [1.82, 2.24) is 0 Å². The number of hydrogen-bond acceptors (Lipinski definition) is 1. The minimum atomic E-state index is -0.625. The molecule has 1 rings (SSSR count). The van der Waals surface area contributed by atoms with E-state index in [0.29, 0.717) is 8.04 Å². The molecule has 0 fully saturated rings. The van der Waals surface area contributed by atoms with Gasteiger partial charge >= 0.3 is 0 Å². The Bertz CT molecular complexity index is 342. The van der Waals surface area contributed by atoms with Gasteiger partial charge in [0.1, 0.15) is 5.82 Å². The van der Waals surface area contributed by atoms with Gasteiger partial charge in [-0.3, -0.25) is 4.79 Å². The lowest BCUT2D eigenvalue weighted by molar-refractivity contribution is 0.0999. The normalized spacial score (nSPS) is 9.92. The highest BCUT2D eigenvalue weighted by atomic mass is 127. The number of primary amides is 1. The molecule has 0 radical (unpaired) electrons. The van der Waals surface area contributed by atoms with E-state index in [0.717, 1.165) is 6.07 Å². The molecule has 1 aromatic carbocycles. The number of amides is 1. The molecule has 0 atom stereocenters. The Morgan fingerprint density at radius 3 is 2.67 bits per heavy atom. The monoisotopic (exact) mass is 343 g/mol. The molecule has 1 amide bonds. The summed E-state index contributed by atoms with van der Waals surface area (Å²) in [6.07, 6.45) is 0. The quantitative estimate of drug-likeness (QED) is 0.617. The maximum atomic E-state index is 12.7. The van der Waals surface area contributed by atoms with Crippen molar-refractivity contribution in [3.63, 3.8) is 0 Å². The minimum absolute atomic E-state index is 0.197. The number of benzene rings is 1. The highest BCUT2D eigenvalue weighted by Gasteiger charge is 2.10. The molecule has 0 heterocycles. The highest BCUT2D eigenvalue weighted by molar-refractivity contribution is 14.1. The van der Waals surface area contributed by atoms with Crippen LogP contribution in [0.3, 0.4) is 0 Å². The third-order valence-corrected chi connectivity index (χ3v) is 3.79. The summed E-state index contributed by atoms with van der Waals surface area (Å²) in [5.41, 5.74) is 5.22. The summed E-state index contributed by atoms with van der Waals surface area (Å²) in [7, 11) is 0. The molecule has 0 spiro atoms. The molecule has 2 N–H and O–H groups in total. The van der Waals surface area contributed by atoms with Crippen LogP contribution in [0.15, 0.2) is 16.6 Å². The van der Waals surface area contributed by atoms with Gasteiger partial charge in [0, 0.05) is 8.04 Å². The Labute approximate surface area is 90.6 Å². The molecule has 0 unspecified atom stereocenters. The summed E-state index contributed by atoms with van der Waals surface area (Å²) in [6.45, 7) is 0. The molecular formula is C7H4BrFINO. The van der Waals surface area contributed by atoms with Crippen molar-refractivity contribution >= 4 is 44.4 Å². The van der Waals surface area contributed by atoms with Crippen molar-refractivity contribution < 1.29 is 9.18 Å². The second-order valence-electron chi connectivity index (χ2n) is 2.11. The first kappa shape index (κ1) is 9.91. The van der Waals surface area contributed by atoms with Crippen molar-refractivity contribution in [2.45, 2.75) is 0 Å². The fourth-order valence-corrected chi connectivity index (χ4v) is 1.74. The molecule has 0 aliphatic carbocycles. The Balaban J connectivity index is 3.37. The first-order chi connectivity index (χ1) is 5.52. The Hall–Kier alpha value is -0.170. The fraction of sp³-hybridized carbons (Fsp3) is 0. The molecule has 0 bridgehead atoms. The van der Waals surface area contributed by atoms with Crippen molar-refractivity contribution in [3.8, 4) is 0 Å². The third kappa shape index (κ3) is 1.95. The van der Waals surface area contributed by atoms with Crippen molar-refractivity contribution in [3.05, 3.63) is 31.6 Å². The van der Waals surface area contributed by atoms with Gasteiger partial charge in [0.25, 0.3) is 0 Å². The van der Waals surface area contributed by atoms with Crippen LogP contribution in [-0.2, 0) is 0 Å². The van der Waals surface area contributed by atoms with Crippen LogP contribution >= 0.6 is 38.5 Å². The summed E-state index contributed by atoms with van der Waals surface area (Å²) in [6, 6.07) is 2.41. The number of hydrogen-bond donors (Lipinski definition) is 1. The SMILES string of the molecule is NC(=O)c1cc(F)cc(Br)c1I. The van der Waals surface area contributed by atoms with Crippen LogP contribution in [0.4, 0.5) is 4.39 Å². The Kier molecular flexibility index (Phi) is 3.05. The van der Waals surface area contributed by atoms with E-state index in [-0.39, 0.29) is 5.56 Å². The summed E-state index contributed by atoms with van der Waals surface area (Å²) in [5, 5.41) is 0. The standard InChI is InChI=1S/C7H4BrFINO/c8-5-2-3(9)1-4(6(5)10)7(11)12/h1-2H,(H2,11,12). The number of halogens is 3. The van der Waals surface area contributed by atoms with E-state index in [2.05, 4.69) is 15.9 Å². The van der Waals surface area contributed by atoms with Gasteiger partial charge in [-0.05, 0) is 50.7 Å². The fourth-order valence-electron chi connectivity index (χ4n) is 0.735. The first-order valence-electron chi connectivity index (χ1n) is 2.96. The summed E-state index contributed by atoms with van der Waals surface area (Å²) in [5.74, 6) is -1.10. The smallest absolute Gasteiger partial charge is 0.249 e. The van der Waals surface area contributed by atoms with E-state index in [1.807, 2.05) is 22.6 Å². The molecule has 0 aliphatic heterocycles. The largest absolute Gasteiger partial charge is 0.366 e. The minimum Gasteiger partial charge on any atom is -0.366 e. The van der Waals surface area contributed by atoms with Crippen molar-refractivity contribution in [2.75, 3.05) is 0 Å². The molecule has 0 saturated carbocycles. The van der Waals surface area contributed by atoms with Gasteiger partial charge < -0.3 is 5.73 Å². The zero-order valence-electron chi connectivity index (χ0n) is 5.77. The number of carbonyl (C=O) groups excluding carboxylic acids is 1. The molecule has 1 aromatic rings. The first-order valence-corrected chi connectivity index (χ1v) is 4.84. The van der Waals surface area contributed by atoms with Gasteiger partial charge in [-0.15, -0.1) is 0 Å². The van der Waals surface area contributed by atoms with E-state index in [4.69, 9.17) is 5.73 Å². The van der Waals surface area contributed by atoms with E-state index in [1.54, 1.807) is 0 Å². The number of nitrogens with two attached hydrogens (primary N) is 1. The maximum absolute atomic E-state index is 12.7. The summed E-state index contributed by atoms with van der Waals surface area (Å²) < 4.78 is 13.9. The average Bonchev–Trinajstić information content (AvgIpc) is 1.96. The number of carbonyl (C=O) groups is 1. The van der Waals surface area contributed by atoms with Crippen LogP contribution in [0, 0.1) is 9.39 Å². The van der Waals surface area contributed by atoms with Crippen LogP contribution in [0.5, 0.6) is 0 Å². The van der Waals surface area contributed by atoms with Crippen LogP contribution in [0.2, 0.25) is 0 Å². The predicted octanol–water partition coefficient (Wildman–Crippen LogP) is 2.29. The molecular weight excluding hydrogens is 340 g/mol. The van der Waals surface area contributed by atoms with Gasteiger partial charge in [-0.2, -0.15) is 0 Å². The summed E-state index contributed by atoms with van der Waals surface area (Å²) >= 11 is 5.03. The molecule has 5 heteroatoms. The predicted molar refractivity (Wildman–Crippen MR) is 55.3 cm³/mol. The lowest BCUT2D eigenvalue weighted by Gasteiger charge is -2.01. The van der Waals surface area contributed by atoms with Crippen molar-refractivity contribution in [1.29, 1.82) is 0 Å². The van der Waals surface area contributed by atoms with Crippen LogP contribution in [0.25, 0.3) is 0 Å². The lowest BCUT2D eigenvalue weighted by Crippen LogP contribution is -2.13. The third-order valence-electron chi connectivity index (χ3n) is 1.26. The Morgan fingerprint density at radius 1 is 1.58 bits per heavy atom. The lowest BCUT2D eigenvalue weighted by atomic mass is 10.2. The molecule has 0 aromatic heterocycles. The topological polar surface area (TPSA) is 43.1 Å². The molecule has 0 saturated heterocycles. The van der Waals surface area contributed by atoms with Crippen LogP contribution in [-0.4, -0.2) is 5.91 Å². The average molecular weight is 344 g/mol. The van der Waals surface area contributed by atoms with E-state index < -0.39 is 11.7 Å². The van der Waals surface area contributed by atoms with Gasteiger partial charge in [0.15, 0.2) is 0 Å². The van der Waals surface area contributed by atoms with Gasteiger partial charge in [0.05, 0.1) is 5.56 Å². The van der Waals surface area contributed by atoms with Gasteiger partial charge in [-0.1, -0.05) is 0 Å². The van der Waals surface area contributed by atoms with Crippen molar-refractivity contribution in [2.24, 2.45) is 5.73 Å². The highest BCUT2D eigenvalue weighted by Crippen LogP contribution is 2.23. The Morgan fingerprint density at radius 2 is 2.17 bits per heavy atom. The molecule has 2 nitrogen and oxygen atoms in total. The number of rotatable bonds is 1. The zero-order valence-corrected chi connectivity index (χ0v) is 9.52. The van der Waals surface area contributed by atoms with E-state index in [9.17, 15) is 9.18 Å². The second-order valence-corrected chi connectivity index (χ2v) is 4.05. The second kappa shape index (κ2) is 3.69. The molecule has 12 heavy (non-hydrogen) atoms. The van der Waals surface area contributed by atoms with E-state index in [1.165, 1.54) is 6.07 Å². The van der Waals surface area contributed by atoms with Gasteiger partial charge in [0.2, 0.25) is 5.91 Å². The maximum Gasteiger partial charge on any atom is 0.249 e. The van der Waals surface area contributed by atoms with Gasteiger partial charge in [-0.25, -0.2) is 4.39 Å². The molecule has 0 aliphatic rings.